The summed E-state index contributed by atoms with van der Waals surface area (Å²) in [4.78, 5) is 7.98. The number of thiazole rings is 1. The van der Waals surface area contributed by atoms with Crippen molar-refractivity contribution in [1.29, 1.82) is 0 Å². The second-order valence-corrected chi connectivity index (χ2v) is 6.72. The third kappa shape index (κ3) is 3.22. The minimum Gasteiger partial charge on any atom is -0.493 e. The van der Waals surface area contributed by atoms with Crippen molar-refractivity contribution in [2.45, 2.75) is 26.8 Å². The van der Waals surface area contributed by atoms with Crippen molar-refractivity contribution in [3.05, 3.63) is 35.0 Å². The average Bonchev–Trinajstić information content (AvgIpc) is 3.23. The zero-order valence-corrected chi connectivity index (χ0v) is 16.3. The van der Waals surface area contributed by atoms with Gasteiger partial charge in [0.2, 0.25) is 10.8 Å². The molecule has 0 aliphatic carbocycles. The van der Waals surface area contributed by atoms with Gasteiger partial charge in [-0.1, -0.05) is 31.3 Å². The third-order valence-corrected chi connectivity index (χ3v) is 5.45. The first-order valence-corrected chi connectivity index (χ1v) is 9.52. The van der Waals surface area contributed by atoms with Crippen molar-refractivity contribution in [3.8, 4) is 17.4 Å². The van der Waals surface area contributed by atoms with E-state index in [0.717, 1.165) is 23.5 Å². The lowest BCUT2D eigenvalue weighted by Gasteiger charge is -2.29. The summed E-state index contributed by atoms with van der Waals surface area (Å²) >= 11 is 1.45. The quantitative estimate of drug-likeness (QED) is 0.650. The van der Waals surface area contributed by atoms with Crippen LogP contribution in [0.25, 0.3) is 4.96 Å². The fourth-order valence-corrected chi connectivity index (χ4v) is 4.21. The van der Waals surface area contributed by atoms with Crippen LogP contribution in [0.2, 0.25) is 0 Å². The molecule has 0 aliphatic heterocycles. The van der Waals surface area contributed by atoms with E-state index >= 15 is 0 Å². The van der Waals surface area contributed by atoms with Crippen LogP contribution in [0.5, 0.6) is 17.4 Å². The summed E-state index contributed by atoms with van der Waals surface area (Å²) in [6.07, 6.45) is 1.45. The number of rotatable bonds is 8. The van der Waals surface area contributed by atoms with Gasteiger partial charge in [-0.15, -0.1) is 0 Å². The summed E-state index contributed by atoms with van der Waals surface area (Å²) in [5.74, 6) is 1.53. The minimum absolute atomic E-state index is 0.122. The molecule has 0 spiro atoms. The normalized spacial score (nSPS) is 12.7. The lowest BCUT2D eigenvalue weighted by molar-refractivity contribution is 0.246. The van der Waals surface area contributed by atoms with Crippen molar-refractivity contribution < 1.29 is 14.6 Å². The van der Waals surface area contributed by atoms with Crippen LogP contribution in [0, 0.1) is 0 Å². The first-order valence-electron chi connectivity index (χ1n) is 8.70. The molecule has 26 heavy (non-hydrogen) atoms. The van der Waals surface area contributed by atoms with E-state index < -0.39 is 0 Å². The molecule has 140 valence electrons. The minimum atomic E-state index is -0.122. The van der Waals surface area contributed by atoms with E-state index in [0.29, 0.717) is 23.1 Å². The fraction of sp³-hybridized carbons (Fsp3) is 0.444. The highest BCUT2D eigenvalue weighted by molar-refractivity contribution is 7.17. The first-order chi connectivity index (χ1) is 12.6. The molecule has 2 heterocycles. The van der Waals surface area contributed by atoms with Crippen molar-refractivity contribution in [3.63, 3.8) is 0 Å². The number of hydrogen-bond acceptors (Lipinski definition) is 7. The van der Waals surface area contributed by atoms with Crippen LogP contribution in [-0.4, -0.2) is 51.4 Å². The molecular weight excluding hydrogens is 352 g/mol. The molecular formula is C18H24N4O3S. The molecule has 0 amide bonds. The van der Waals surface area contributed by atoms with Gasteiger partial charge in [-0.2, -0.15) is 9.61 Å². The summed E-state index contributed by atoms with van der Waals surface area (Å²) in [6, 6.07) is 5.79. The Kier molecular flexibility index (Phi) is 5.63. The third-order valence-electron chi connectivity index (χ3n) is 4.37. The number of ether oxygens (including phenoxy) is 2. The molecule has 0 radical (unpaired) electrons. The van der Waals surface area contributed by atoms with Gasteiger partial charge in [0.05, 0.1) is 24.6 Å². The Labute approximate surface area is 156 Å². The predicted octanol–water partition coefficient (Wildman–Crippen LogP) is 3.33. The molecule has 1 unspecified atom stereocenters. The maximum Gasteiger partial charge on any atom is 0.230 e. The maximum atomic E-state index is 10.7. The molecule has 1 N–H and O–H groups in total. The second-order valence-electron chi connectivity index (χ2n) is 5.71. The smallest absolute Gasteiger partial charge is 0.230 e. The molecule has 3 aromatic rings. The number of benzene rings is 1. The van der Waals surface area contributed by atoms with E-state index in [-0.39, 0.29) is 11.9 Å². The Hall–Kier alpha value is -2.32. The van der Waals surface area contributed by atoms with E-state index in [1.165, 1.54) is 22.2 Å². The van der Waals surface area contributed by atoms with Gasteiger partial charge in [0.1, 0.15) is 6.33 Å². The fourth-order valence-electron chi connectivity index (χ4n) is 3.12. The molecule has 8 heteroatoms. The predicted molar refractivity (Wildman–Crippen MR) is 101 cm³/mol. The van der Waals surface area contributed by atoms with Crippen molar-refractivity contribution in [2.24, 2.45) is 0 Å². The van der Waals surface area contributed by atoms with E-state index in [9.17, 15) is 5.11 Å². The van der Waals surface area contributed by atoms with Crippen LogP contribution in [-0.2, 0) is 0 Å². The maximum absolute atomic E-state index is 10.7. The zero-order valence-electron chi connectivity index (χ0n) is 15.5. The lowest BCUT2D eigenvalue weighted by Crippen LogP contribution is -2.29. The van der Waals surface area contributed by atoms with Gasteiger partial charge in [0.15, 0.2) is 11.5 Å². The number of aromatic nitrogens is 3. The Bertz CT molecular complexity index is 873. The number of nitrogens with zero attached hydrogens (tertiary/aromatic N) is 4. The van der Waals surface area contributed by atoms with Crippen molar-refractivity contribution >= 4 is 16.3 Å². The van der Waals surface area contributed by atoms with Crippen LogP contribution in [0.4, 0.5) is 0 Å². The highest BCUT2D eigenvalue weighted by atomic mass is 32.1. The number of methoxy groups -OCH3 is 1. The highest BCUT2D eigenvalue weighted by Gasteiger charge is 2.28. The van der Waals surface area contributed by atoms with Gasteiger partial charge < -0.3 is 14.6 Å². The molecule has 7 nitrogen and oxygen atoms in total. The van der Waals surface area contributed by atoms with Crippen molar-refractivity contribution in [1.82, 2.24) is 19.5 Å². The molecule has 0 saturated carbocycles. The first kappa shape index (κ1) is 18.5. The van der Waals surface area contributed by atoms with Crippen LogP contribution in [0.1, 0.15) is 37.3 Å². The van der Waals surface area contributed by atoms with E-state index in [1.54, 1.807) is 7.11 Å². The van der Waals surface area contributed by atoms with E-state index in [1.807, 2.05) is 25.1 Å². The zero-order chi connectivity index (χ0) is 18.7. The van der Waals surface area contributed by atoms with Crippen LogP contribution >= 0.6 is 11.3 Å². The summed E-state index contributed by atoms with van der Waals surface area (Å²) in [7, 11) is 1.63. The van der Waals surface area contributed by atoms with Crippen LogP contribution in [0.15, 0.2) is 24.5 Å². The Morgan fingerprint density at radius 2 is 2.00 bits per heavy atom. The standard InChI is InChI=1S/C18H24N4O3S/c1-5-21(6-2)15(16-17(23)22-18(26-16)19-11-20-22)12-8-9-13(24-4)14(10-12)25-7-3/h8-11,15,23H,5-7H2,1-4H3. The summed E-state index contributed by atoms with van der Waals surface area (Å²) in [5, 5.41) is 14.8. The number of aromatic hydroxyl groups is 1. The monoisotopic (exact) mass is 376 g/mol. The molecule has 3 rings (SSSR count). The lowest BCUT2D eigenvalue weighted by atomic mass is 10.0. The molecule has 0 aliphatic rings. The topological polar surface area (TPSA) is 72.1 Å². The Morgan fingerprint density at radius 1 is 1.23 bits per heavy atom. The molecule has 2 aromatic heterocycles. The average molecular weight is 376 g/mol. The molecule has 0 fully saturated rings. The summed E-state index contributed by atoms with van der Waals surface area (Å²) < 4.78 is 12.6. The van der Waals surface area contributed by atoms with Gasteiger partial charge >= 0.3 is 0 Å². The van der Waals surface area contributed by atoms with Gasteiger partial charge in [0.25, 0.3) is 0 Å². The van der Waals surface area contributed by atoms with E-state index in [4.69, 9.17) is 9.47 Å². The van der Waals surface area contributed by atoms with Gasteiger partial charge in [-0.05, 0) is 37.7 Å². The Morgan fingerprint density at radius 3 is 2.62 bits per heavy atom. The van der Waals surface area contributed by atoms with E-state index in [2.05, 4.69) is 28.8 Å². The summed E-state index contributed by atoms with van der Waals surface area (Å²) in [5.41, 5.74) is 1.03. The van der Waals surface area contributed by atoms with Crippen LogP contribution in [0.3, 0.4) is 0 Å². The second kappa shape index (κ2) is 7.92. The SMILES string of the molecule is CCOc1cc(C(c2sc3ncnn3c2O)N(CC)CC)ccc1OC. The molecule has 0 bridgehead atoms. The van der Waals surface area contributed by atoms with Gasteiger partial charge in [-0.3, -0.25) is 4.90 Å². The molecule has 1 atom stereocenters. The largest absolute Gasteiger partial charge is 0.493 e. The van der Waals surface area contributed by atoms with Gasteiger partial charge in [0, 0.05) is 0 Å². The van der Waals surface area contributed by atoms with Crippen molar-refractivity contribution in [2.75, 3.05) is 26.8 Å². The van der Waals surface area contributed by atoms with Crippen LogP contribution < -0.4 is 9.47 Å². The highest BCUT2D eigenvalue weighted by Crippen LogP contribution is 2.41. The molecule has 0 saturated heterocycles. The molecule has 1 aromatic carbocycles. The number of hydrogen-bond donors (Lipinski definition) is 1. The number of fused-ring (bicyclic) bond motifs is 1. The summed E-state index contributed by atoms with van der Waals surface area (Å²) in [6.45, 7) is 8.39. The Balaban J connectivity index is 2.14. The van der Waals surface area contributed by atoms with Gasteiger partial charge in [-0.25, -0.2) is 4.98 Å².